The molecule has 6 heteroatoms. The Hall–Kier alpha value is -3.15. The molecule has 1 aromatic carbocycles. The van der Waals surface area contributed by atoms with E-state index in [1.165, 1.54) is 0 Å². The number of hydrogen-bond acceptors (Lipinski definition) is 4. The van der Waals surface area contributed by atoms with E-state index in [4.69, 9.17) is 10.5 Å². The molecule has 0 unspecified atom stereocenters. The van der Waals surface area contributed by atoms with Crippen molar-refractivity contribution < 1.29 is 9.53 Å². The Morgan fingerprint density at radius 1 is 1.18 bits per heavy atom. The summed E-state index contributed by atoms with van der Waals surface area (Å²) < 4.78 is 5.11. The number of hydrogen-bond donors (Lipinski definition) is 2. The molecule has 0 bridgehead atoms. The average Bonchev–Trinajstić information content (AvgIpc) is 3.02. The van der Waals surface area contributed by atoms with Crippen molar-refractivity contribution in [2.24, 2.45) is 5.73 Å². The number of rotatable bonds is 3. The van der Waals surface area contributed by atoms with Gasteiger partial charge in [-0.1, -0.05) is 30.3 Å². The molecule has 0 saturated heterocycles. The average molecular weight is 294 g/mol. The Labute approximate surface area is 127 Å². The Kier molecular flexibility index (Phi) is 3.57. The van der Waals surface area contributed by atoms with Crippen molar-refractivity contribution in [3.63, 3.8) is 0 Å². The molecule has 2 heterocycles. The van der Waals surface area contributed by atoms with Crippen LogP contribution in [0.3, 0.4) is 0 Å². The minimum Gasteiger partial charge on any atom is -0.408 e. The molecule has 0 aliphatic carbocycles. The summed E-state index contributed by atoms with van der Waals surface area (Å²) >= 11 is 0. The second-order valence-corrected chi connectivity index (χ2v) is 4.77. The predicted octanol–water partition coefficient (Wildman–Crippen LogP) is 2.90. The molecular weight excluding hydrogens is 280 g/mol. The van der Waals surface area contributed by atoms with Crippen LogP contribution in [0.1, 0.15) is 5.56 Å². The van der Waals surface area contributed by atoms with Gasteiger partial charge in [0.2, 0.25) is 0 Å². The van der Waals surface area contributed by atoms with Crippen molar-refractivity contribution in [2.75, 3.05) is 0 Å². The molecule has 22 heavy (non-hydrogen) atoms. The third kappa shape index (κ3) is 2.67. The first-order valence-electron chi connectivity index (χ1n) is 6.68. The fourth-order valence-electron chi connectivity index (χ4n) is 2.25. The number of aromatic amines is 1. The molecule has 3 aromatic rings. The molecule has 0 radical (unpaired) electrons. The zero-order valence-electron chi connectivity index (χ0n) is 11.9. The largest absolute Gasteiger partial charge is 0.410 e. The van der Waals surface area contributed by atoms with E-state index in [9.17, 15) is 4.79 Å². The topological polar surface area (TPSA) is 93.9 Å². The molecule has 0 fully saturated rings. The van der Waals surface area contributed by atoms with Gasteiger partial charge in [-0.3, -0.25) is 5.10 Å². The lowest BCUT2D eigenvalue weighted by Crippen LogP contribution is -2.17. The van der Waals surface area contributed by atoms with Crippen LogP contribution in [-0.4, -0.2) is 21.3 Å². The minimum atomic E-state index is -0.866. The lowest BCUT2D eigenvalue weighted by atomic mass is 10.1. The van der Waals surface area contributed by atoms with Crippen LogP contribution in [0, 0.1) is 6.92 Å². The Morgan fingerprint density at radius 2 is 1.95 bits per heavy atom. The summed E-state index contributed by atoms with van der Waals surface area (Å²) in [4.78, 5) is 15.8. The monoisotopic (exact) mass is 294 g/mol. The van der Waals surface area contributed by atoms with Crippen molar-refractivity contribution in [1.29, 1.82) is 0 Å². The van der Waals surface area contributed by atoms with Crippen LogP contribution < -0.4 is 10.5 Å². The highest BCUT2D eigenvalue weighted by molar-refractivity contribution is 5.77. The van der Waals surface area contributed by atoms with Gasteiger partial charge >= 0.3 is 6.09 Å². The highest BCUT2D eigenvalue weighted by atomic mass is 16.5. The van der Waals surface area contributed by atoms with Crippen LogP contribution in [0.4, 0.5) is 4.79 Å². The van der Waals surface area contributed by atoms with Crippen LogP contribution in [0.2, 0.25) is 0 Å². The number of nitrogens with one attached hydrogen (secondary N) is 1. The van der Waals surface area contributed by atoms with E-state index in [1.54, 1.807) is 18.5 Å². The number of aromatic nitrogens is 3. The molecule has 3 rings (SSSR count). The maximum Gasteiger partial charge on any atom is 0.410 e. The molecule has 1 amide bonds. The lowest BCUT2D eigenvalue weighted by Gasteiger charge is -2.12. The predicted molar refractivity (Wildman–Crippen MR) is 82.2 cm³/mol. The van der Waals surface area contributed by atoms with Crippen LogP contribution in [-0.2, 0) is 0 Å². The van der Waals surface area contributed by atoms with E-state index in [1.807, 2.05) is 37.3 Å². The van der Waals surface area contributed by atoms with E-state index in [0.29, 0.717) is 11.4 Å². The van der Waals surface area contributed by atoms with Gasteiger partial charge in [0.1, 0.15) is 5.69 Å². The standard InChI is InChI=1S/C16H14N4O2/c1-10-7-13(22-16(17)21)15(11-5-3-2-4-6-11)20-14(10)12-8-18-19-9-12/h2-9H,1H3,(H2,17,21)(H,18,19). The third-order valence-electron chi connectivity index (χ3n) is 3.21. The van der Waals surface area contributed by atoms with Gasteiger partial charge < -0.3 is 10.5 Å². The van der Waals surface area contributed by atoms with Crippen LogP contribution in [0.5, 0.6) is 5.75 Å². The van der Waals surface area contributed by atoms with Crippen LogP contribution in [0.15, 0.2) is 48.8 Å². The fraction of sp³-hybridized carbons (Fsp3) is 0.0625. The van der Waals surface area contributed by atoms with Crippen molar-refractivity contribution in [3.8, 4) is 28.3 Å². The highest BCUT2D eigenvalue weighted by Gasteiger charge is 2.15. The van der Waals surface area contributed by atoms with E-state index < -0.39 is 6.09 Å². The molecule has 110 valence electrons. The zero-order chi connectivity index (χ0) is 15.5. The first kappa shape index (κ1) is 13.8. The van der Waals surface area contributed by atoms with Gasteiger partial charge in [-0.2, -0.15) is 5.10 Å². The van der Waals surface area contributed by atoms with Crippen LogP contribution in [0.25, 0.3) is 22.5 Å². The molecule has 0 aliphatic heterocycles. The second-order valence-electron chi connectivity index (χ2n) is 4.77. The summed E-state index contributed by atoms with van der Waals surface area (Å²) in [5.41, 5.74) is 9.03. The number of ether oxygens (including phenoxy) is 1. The first-order valence-corrected chi connectivity index (χ1v) is 6.68. The number of benzene rings is 1. The number of nitrogens with two attached hydrogens (primary N) is 1. The van der Waals surface area contributed by atoms with Gasteiger partial charge in [-0.15, -0.1) is 0 Å². The Balaban J connectivity index is 2.19. The van der Waals surface area contributed by atoms with Gasteiger partial charge in [0.25, 0.3) is 0 Å². The smallest absolute Gasteiger partial charge is 0.408 e. The molecule has 0 atom stereocenters. The fourth-order valence-corrected chi connectivity index (χ4v) is 2.25. The number of pyridine rings is 1. The van der Waals surface area contributed by atoms with Gasteiger partial charge in [0.15, 0.2) is 5.75 Å². The van der Waals surface area contributed by atoms with E-state index in [-0.39, 0.29) is 0 Å². The quantitative estimate of drug-likeness (QED) is 0.776. The number of carbonyl (C=O) groups is 1. The SMILES string of the molecule is Cc1cc(OC(N)=O)c(-c2ccccc2)nc1-c1cn[nH]c1. The minimum absolute atomic E-state index is 0.337. The van der Waals surface area contributed by atoms with Crippen molar-refractivity contribution in [1.82, 2.24) is 15.2 Å². The number of nitrogens with zero attached hydrogens (tertiary/aromatic N) is 2. The van der Waals surface area contributed by atoms with E-state index in [0.717, 1.165) is 22.4 Å². The van der Waals surface area contributed by atoms with Crippen molar-refractivity contribution in [3.05, 3.63) is 54.4 Å². The van der Waals surface area contributed by atoms with Crippen molar-refractivity contribution in [2.45, 2.75) is 6.92 Å². The maximum atomic E-state index is 11.1. The Morgan fingerprint density at radius 3 is 2.59 bits per heavy atom. The normalized spacial score (nSPS) is 10.4. The van der Waals surface area contributed by atoms with Gasteiger partial charge in [-0.05, 0) is 18.6 Å². The number of amides is 1. The summed E-state index contributed by atoms with van der Waals surface area (Å²) in [5.74, 6) is 0.337. The first-order chi connectivity index (χ1) is 10.6. The summed E-state index contributed by atoms with van der Waals surface area (Å²) in [6.07, 6.45) is 2.59. The molecule has 0 aliphatic rings. The number of primary amides is 1. The van der Waals surface area contributed by atoms with Gasteiger partial charge in [0, 0.05) is 17.3 Å². The number of carbonyl (C=O) groups excluding carboxylic acids is 1. The molecule has 2 aromatic heterocycles. The summed E-state index contributed by atoms with van der Waals surface area (Å²) in [6.45, 7) is 1.89. The Bertz CT molecular complexity index is 799. The maximum absolute atomic E-state index is 11.1. The summed E-state index contributed by atoms with van der Waals surface area (Å²) in [7, 11) is 0. The number of aryl methyl sites for hydroxylation is 1. The molecule has 6 nitrogen and oxygen atoms in total. The van der Waals surface area contributed by atoms with E-state index >= 15 is 0 Å². The molecule has 3 N–H and O–H groups in total. The van der Waals surface area contributed by atoms with Gasteiger partial charge in [-0.25, -0.2) is 9.78 Å². The highest BCUT2D eigenvalue weighted by Crippen LogP contribution is 2.33. The molecule has 0 spiro atoms. The molecular formula is C16H14N4O2. The number of H-pyrrole nitrogens is 1. The lowest BCUT2D eigenvalue weighted by molar-refractivity contribution is 0.211. The molecule has 0 saturated carbocycles. The third-order valence-corrected chi connectivity index (χ3v) is 3.21. The van der Waals surface area contributed by atoms with E-state index in [2.05, 4.69) is 15.2 Å². The second kappa shape index (κ2) is 5.69. The van der Waals surface area contributed by atoms with Gasteiger partial charge in [0.05, 0.1) is 11.9 Å². The summed E-state index contributed by atoms with van der Waals surface area (Å²) in [5, 5.41) is 6.71. The summed E-state index contributed by atoms with van der Waals surface area (Å²) in [6, 6.07) is 11.2. The van der Waals surface area contributed by atoms with Crippen molar-refractivity contribution >= 4 is 6.09 Å². The van der Waals surface area contributed by atoms with Crippen LogP contribution >= 0.6 is 0 Å². The zero-order valence-corrected chi connectivity index (χ0v) is 11.9.